The van der Waals surface area contributed by atoms with Gasteiger partial charge in [0.15, 0.2) is 11.5 Å². The fourth-order valence-corrected chi connectivity index (χ4v) is 1.74. The maximum absolute atomic E-state index is 5.80. The lowest BCUT2D eigenvalue weighted by Gasteiger charge is -2.26. The third kappa shape index (κ3) is 2.47. The van der Waals surface area contributed by atoms with Gasteiger partial charge in [0, 0.05) is 17.5 Å². The minimum atomic E-state index is -0.176. The Morgan fingerprint density at radius 3 is 2.00 bits per heavy atom. The Morgan fingerprint density at radius 2 is 1.59 bits per heavy atom. The zero-order valence-corrected chi connectivity index (χ0v) is 11.2. The molecule has 0 saturated carbocycles. The molecule has 4 heteroatoms. The van der Waals surface area contributed by atoms with Gasteiger partial charge < -0.3 is 19.9 Å². The van der Waals surface area contributed by atoms with Gasteiger partial charge in [0.05, 0.1) is 21.3 Å². The Kier molecular flexibility index (Phi) is 4.23. The highest BCUT2D eigenvalue weighted by molar-refractivity contribution is 5.57. The third-order valence-electron chi connectivity index (χ3n) is 2.94. The van der Waals surface area contributed by atoms with E-state index in [1.807, 2.05) is 12.1 Å². The van der Waals surface area contributed by atoms with Crippen molar-refractivity contribution in [2.24, 2.45) is 5.73 Å². The Labute approximate surface area is 103 Å². The van der Waals surface area contributed by atoms with Gasteiger partial charge in [0.1, 0.15) is 0 Å². The molecule has 0 heterocycles. The number of hydrogen-bond donors (Lipinski definition) is 1. The van der Waals surface area contributed by atoms with E-state index in [0.717, 1.165) is 5.56 Å². The summed E-state index contributed by atoms with van der Waals surface area (Å²) >= 11 is 0. The lowest BCUT2D eigenvalue weighted by molar-refractivity contribution is 0.317. The number of benzene rings is 1. The molecule has 0 fully saturated rings. The first-order valence-electron chi connectivity index (χ1n) is 5.51. The average molecular weight is 239 g/mol. The molecule has 96 valence electrons. The molecule has 2 N–H and O–H groups in total. The van der Waals surface area contributed by atoms with Crippen molar-refractivity contribution in [3.8, 4) is 17.2 Å². The van der Waals surface area contributed by atoms with Gasteiger partial charge in [-0.1, -0.05) is 19.9 Å². The van der Waals surface area contributed by atoms with E-state index in [0.29, 0.717) is 23.8 Å². The Hall–Kier alpha value is -1.42. The summed E-state index contributed by atoms with van der Waals surface area (Å²) in [5.74, 6) is 1.94. The van der Waals surface area contributed by atoms with Crippen molar-refractivity contribution in [3.63, 3.8) is 0 Å². The smallest absolute Gasteiger partial charge is 0.203 e. The van der Waals surface area contributed by atoms with Crippen LogP contribution in [0.1, 0.15) is 19.4 Å². The van der Waals surface area contributed by atoms with Crippen LogP contribution in [0.15, 0.2) is 12.1 Å². The minimum Gasteiger partial charge on any atom is -0.493 e. The summed E-state index contributed by atoms with van der Waals surface area (Å²) in [6.07, 6.45) is 0. The molecular weight excluding hydrogens is 218 g/mol. The summed E-state index contributed by atoms with van der Waals surface area (Å²) in [6.45, 7) is 4.66. The number of nitrogens with two attached hydrogens (primary N) is 1. The second-order valence-electron chi connectivity index (χ2n) is 4.47. The number of methoxy groups -OCH3 is 3. The summed E-state index contributed by atoms with van der Waals surface area (Å²) in [6, 6.07) is 3.83. The van der Waals surface area contributed by atoms with Gasteiger partial charge in [0.25, 0.3) is 0 Å². The van der Waals surface area contributed by atoms with E-state index in [-0.39, 0.29) is 5.41 Å². The molecule has 0 radical (unpaired) electrons. The van der Waals surface area contributed by atoms with Crippen molar-refractivity contribution in [1.82, 2.24) is 0 Å². The van der Waals surface area contributed by atoms with Crippen LogP contribution >= 0.6 is 0 Å². The molecule has 0 spiro atoms. The van der Waals surface area contributed by atoms with Gasteiger partial charge in [-0.2, -0.15) is 0 Å². The van der Waals surface area contributed by atoms with E-state index in [2.05, 4.69) is 13.8 Å². The Bertz CT molecular complexity index is 388. The highest BCUT2D eigenvalue weighted by Gasteiger charge is 2.26. The van der Waals surface area contributed by atoms with Crippen molar-refractivity contribution >= 4 is 0 Å². The van der Waals surface area contributed by atoms with Crippen LogP contribution in [0.5, 0.6) is 17.2 Å². The van der Waals surface area contributed by atoms with Crippen LogP contribution in [-0.4, -0.2) is 27.9 Å². The second-order valence-corrected chi connectivity index (χ2v) is 4.47. The van der Waals surface area contributed by atoms with Crippen molar-refractivity contribution in [3.05, 3.63) is 17.7 Å². The minimum absolute atomic E-state index is 0.176. The van der Waals surface area contributed by atoms with E-state index >= 15 is 0 Å². The molecule has 0 atom stereocenters. The van der Waals surface area contributed by atoms with Crippen LogP contribution in [0.2, 0.25) is 0 Å². The van der Waals surface area contributed by atoms with E-state index in [9.17, 15) is 0 Å². The number of rotatable bonds is 5. The van der Waals surface area contributed by atoms with E-state index in [4.69, 9.17) is 19.9 Å². The van der Waals surface area contributed by atoms with Gasteiger partial charge in [0.2, 0.25) is 5.75 Å². The van der Waals surface area contributed by atoms with Crippen molar-refractivity contribution in [2.75, 3.05) is 27.9 Å². The number of ether oxygens (including phenoxy) is 3. The fraction of sp³-hybridized carbons (Fsp3) is 0.538. The van der Waals surface area contributed by atoms with Crippen molar-refractivity contribution in [1.29, 1.82) is 0 Å². The van der Waals surface area contributed by atoms with Crippen LogP contribution in [0.4, 0.5) is 0 Å². The molecule has 0 unspecified atom stereocenters. The van der Waals surface area contributed by atoms with Crippen LogP contribution in [0, 0.1) is 0 Å². The molecular formula is C13H21NO3. The molecule has 17 heavy (non-hydrogen) atoms. The molecule has 4 nitrogen and oxygen atoms in total. The first-order chi connectivity index (χ1) is 8.01. The SMILES string of the molecule is COc1ccc(C(C)(C)CN)c(OC)c1OC. The largest absolute Gasteiger partial charge is 0.493 e. The molecule has 1 aromatic carbocycles. The van der Waals surface area contributed by atoms with Gasteiger partial charge in [-0.05, 0) is 6.07 Å². The van der Waals surface area contributed by atoms with Crippen LogP contribution in [0.25, 0.3) is 0 Å². The first kappa shape index (κ1) is 13.6. The van der Waals surface area contributed by atoms with Gasteiger partial charge in [-0.3, -0.25) is 0 Å². The normalized spacial score (nSPS) is 11.2. The standard InChI is InChI=1S/C13H21NO3/c1-13(2,8-14)9-6-7-10(15-3)12(17-5)11(9)16-4/h6-7H,8,14H2,1-5H3. The van der Waals surface area contributed by atoms with Gasteiger partial charge in [-0.15, -0.1) is 0 Å². The lowest BCUT2D eigenvalue weighted by atomic mass is 9.84. The molecule has 1 rings (SSSR count). The van der Waals surface area contributed by atoms with E-state index in [1.165, 1.54) is 0 Å². The quantitative estimate of drug-likeness (QED) is 0.853. The molecule has 0 aliphatic carbocycles. The summed E-state index contributed by atoms with van der Waals surface area (Å²) < 4.78 is 16.0. The summed E-state index contributed by atoms with van der Waals surface area (Å²) in [5.41, 5.74) is 6.63. The predicted molar refractivity (Wildman–Crippen MR) is 68.2 cm³/mol. The summed E-state index contributed by atoms with van der Waals surface area (Å²) in [4.78, 5) is 0. The Balaban J connectivity index is 3.43. The predicted octanol–water partition coefficient (Wildman–Crippen LogP) is 1.95. The molecule has 0 amide bonds. The van der Waals surface area contributed by atoms with Crippen LogP contribution in [0.3, 0.4) is 0 Å². The monoisotopic (exact) mass is 239 g/mol. The maximum Gasteiger partial charge on any atom is 0.203 e. The third-order valence-corrected chi connectivity index (χ3v) is 2.94. The molecule has 0 bridgehead atoms. The van der Waals surface area contributed by atoms with E-state index in [1.54, 1.807) is 21.3 Å². The molecule has 1 aromatic rings. The maximum atomic E-state index is 5.80. The second kappa shape index (κ2) is 5.27. The highest BCUT2D eigenvalue weighted by Crippen LogP contribution is 2.43. The van der Waals surface area contributed by atoms with Crippen molar-refractivity contribution in [2.45, 2.75) is 19.3 Å². The topological polar surface area (TPSA) is 53.7 Å². The number of hydrogen-bond acceptors (Lipinski definition) is 4. The fourth-order valence-electron chi connectivity index (χ4n) is 1.74. The molecule has 0 aliphatic heterocycles. The lowest BCUT2D eigenvalue weighted by Crippen LogP contribution is -2.28. The van der Waals surface area contributed by atoms with Gasteiger partial charge in [-0.25, -0.2) is 0 Å². The molecule has 0 saturated heterocycles. The molecule has 0 aliphatic rings. The van der Waals surface area contributed by atoms with E-state index < -0.39 is 0 Å². The average Bonchev–Trinajstić information content (AvgIpc) is 2.36. The zero-order valence-electron chi connectivity index (χ0n) is 11.2. The molecule has 0 aromatic heterocycles. The zero-order chi connectivity index (χ0) is 13.1. The van der Waals surface area contributed by atoms with Crippen molar-refractivity contribution < 1.29 is 14.2 Å². The van der Waals surface area contributed by atoms with Gasteiger partial charge >= 0.3 is 0 Å². The van der Waals surface area contributed by atoms with Crippen LogP contribution in [-0.2, 0) is 5.41 Å². The Morgan fingerprint density at radius 1 is 1.00 bits per heavy atom. The first-order valence-corrected chi connectivity index (χ1v) is 5.51. The summed E-state index contributed by atoms with van der Waals surface area (Å²) in [7, 11) is 4.82. The highest BCUT2D eigenvalue weighted by atomic mass is 16.5. The van der Waals surface area contributed by atoms with Crippen LogP contribution < -0.4 is 19.9 Å². The summed E-state index contributed by atoms with van der Waals surface area (Å²) in [5, 5.41) is 0.